The molecule has 0 aliphatic rings. The summed E-state index contributed by atoms with van der Waals surface area (Å²) in [6, 6.07) is 6.59. The van der Waals surface area contributed by atoms with Crippen molar-refractivity contribution in [3.63, 3.8) is 0 Å². The second kappa shape index (κ2) is 7.85. The Morgan fingerprint density at radius 1 is 1.18 bits per heavy atom. The van der Waals surface area contributed by atoms with Crippen LogP contribution in [0.15, 0.2) is 41.4 Å². The van der Waals surface area contributed by atoms with Crippen molar-refractivity contribution in [3.8, 4) is 17.6 Å². The first-order valence-electron chi connectivity index (χ1n) is 7.79. The number of halogens is 4. The highest BCUT2D eigenvalue weighted by Gasteiger charge is 2.48. The lowest BCUT2D eigenvalue weighted by Crippen LogP contribution is -2.23. The molecule has 6 nitrogen and oxygen atoms in total. The topological polar surface area (TPSA) is 95.8 Å². The molecule has 0 fully saturated rings. The quantitative estimate of drug-likeness (QED) is 0.627. The van der Waals surface area contributed by atoms with Crippen LogP contribution in [-0.4, -0.2) is 24.1 Å². The Morgan fingerprint density at radius 2 is 1.86 bits per heavy atom. The molecule has 1 heterocycles. The van der Waals surface area contributed by atoms with Crippen LogP contribution in [0.4, 0.5) is 17.6 Å². The number of sulfone groups is 1. The molecule has 28 heavy (non-hydrogen) atoms. The van der Waals surface area contributed by atoms with Gasteiger partial charge in [0.05, 0.1) is 28.7 Å². The van der Waals surface area contributed by atoms with Crippen molar-refractivity contribution in [2.24, 2.45) is 0 Å². The highest BCUT2D eigenvalue weighted by Crippen LogP contribution is 2.38. The van der Waals surface area contributed by atoms with E-state index < -0.39 is 31.6 Å². The molecule has 0 spiro atoms. The van der Waals surface area contributed by atoms with E-state index in [1.54, 1.807) is 6.07 Å². The largest absolute Gasteiger partial charge is 0.501 e. The molecule has 0 saturated heterocycles. The van der Waals surface area contributed by atoms with Crippen molar-refractivity contribution in [1.29, 1.82) is 5.26 Å². The molecule has 0 amide bonds. The van der Waals surface area contributed by atoms with E-state index in [2.05, 4.69) is 10.2 Å². The Balaban J connectivity index is 0.00000136. The van der Waals surface area contributed by atoms with E-state index >= 15 is 0 Å². The van der Waals surface area contributed by atoms with Crippen molar-refractivity contribution >= 4 is 20.7 Å². The molecule has 11 heteroatoms. The maximum Gasteiger partial charge on any atom is 0.501 e. The fourth-order valence-corrected chi connectivity index (χ4v) is 3.16. The van der Waals surface area contributed by atoms with Gasteiger partial charge < -0.3 is 4.74 Å². The highest BCUT2D eigenvalue weighted by atomic mass is 32.2. The average Bonchev–Trinajstić information content (AvgIpc) is 3.12. The molecule has 0 bridgehead atoms. The predicted octanol–water partition coefficient (Wildman–Crippen LogP) is 4.69. The smallest absolute Gasteiger partial charge is 0.456 e. The summed E-state index contributed by atoms with van der Waals surface area (Å²) in [4.78, 5) is -1.01. The molecule has 148 valence electrons. The summed E-state index contributed by atoms with van der Waals surface area (Å²) in [6.45, 7) is 4.00. The SMILES string of the molecule is CC.N#Cc1cc(F)cc(Oc2ccc(S(=O)(=O)C(F)(F)F)c3[nH]ncc23)c1. The molecule has 0 aliphatic carbocycles. The van der Waals surface area contributed by atoms with Gasteiger partial charge in [-0.3, -0.25) is 5.10 Å². The number of alkyl halides is 3. The zero-order valence-corrected chi connectivity index (χ0v) is 15.3. The Kier molecular flexibility index (Phi) is 5.94. The van der Waals surface area contributed by atoms with Gasteiger partial charge in [0.1, 0.15) is 22.2 Å². The summed E-state index contributed by atoms with van der Waals surface area (Å²) < 4.78 is 80.6. The number of rotatable bonds is 3. The van der Waals surface area contributed by atoms with Crippen LogP contribution < -0.4 is 4.74 Å². The van der Waals surface area contributed by atoms with Crippen molar-refractivity contribution in [2.45, 2.75) is 24.3 Å². The molecule has 0 saturated carbocycles. The first-order valence-corrected chi connectivity index (χ1v) is 9.28. The summed E-state index contributed by atoms with van der Waals surface area (Å²) in [5, 5.41) is 14.5. The minimum absolute atomic E-state index is 0.0280. The van der Waals surface area contributed by atoms with Gasteiger partial charge in [-0.05, 0) is 24.3 Å². The third-order valence-corrected chi connectivity index (χ3v) is 4.89. The molecule has 2 aromatic carbocycles. The van der Waals surface area contributed by atoms with E-state index in [0.29, 0.717) is 6.07 Å². The van der Waals surface area contributed by atoms with Gasteiger partial charge in [-0.15, -0.1) is 0 Å². The van der Waals surface area contributed by atoms with Crippen LogP contribution in [0.2, 0.25) is 0 Å². The lowest BCUT2D eigenvalue weighted by Gasteiger charge is -2.11. The summed E-state index contributed by atoms with van der Waals surface area (Å²) in [6.07, 6.45) is 1.07. The van der Waals surface area contributed by atoms with Gasteiger partial charge in [-0.2, -0.15) is 23.5 Å². The molecule has 3 aromatic rings. The van der Waals surface area contributed by atoms with Crippen LogP contribution in [0.5, 0.6) is 11.5 Å². The van der Waals surface area contributed by atoms with E-state index in [1.165, 1.54) is 6.07 Å². The van der Waals surface area contributed by atoms with Crippen molar-refractivity contribution < 1.29 is 30.7 Å². The molecular weight excluding hydrogens is 402 g/mol. The fourth-order valence-electron chi connectivity index (χ4n) is 2.24. The molecule has 0 atom stereocenters. The van der Waals surface area contributed by atoms with Gasteiger partial charge in [-0.1, -0.05) is 13.8 Å². The number of aromatic amines is 1. The van der Waals surface area contributed by atoms with Crippen LogP contribution in [0.3, 0.4) is 0 Å². The zero-order chi connectivity index (χ0) is 21.1. The monoisotopic (exact) mass is 415 g/mol. The number of benzene rings is 2. The average molecular weight is 415 g/mol. The molecule has 3 rings (SSSR count). The van der Waals surface area contributed by atoms with Gasteiger partial charge >= 0.3 is 5.51 Å². The van der Waals surface area contributed by atoms with Gasteiger partial charge in [0.15, 0.2) is 0 Å². The maximum atomic E-state index is 13.5. The predicted molar refractivity (Wildman–Crippen MR) is 91.9 cm³/mol. The number of hydrogen-bond donors (Lipinski definition) is 1. The summed E-state index contributed by atoms with van der Waals surface area (Å²) in [7, 11) is -5.61. The number of nitrogens with zero attached hydrogens (tertiary/aromatic N) is 2. The van der Waals surface area contributed by atoms with Crippen LogP contribution >= 0.6 is 0 Å². The normalized spacial score (nSPS) is 11.5. The van der Waals surface area contributed by atoms with E-state index in [9.17, 15) is 26.0 Å². The van der Waals surface area contributed by atoms with Gasteiger partial charge in [0.25, 0.3) is 9.84 Å². The van der Waals surface area contributed by atoms with Crippen LogP contribution in [-0.2, 0) is 9.84 Å². The van der Waals surface area contributed by atoms with Crippen molar-refractivity contribution in [2.75, 3.05) is 0 Å². The number of hydrogen-bond acceptors (Lipinski definition) is 5. The maximum absolute atomic E-state index is 13.5. The number of fused-ring (bicyclic) bond motifs is 1. The molecule has 0 radical (unpaired) electrons. The molecule has 1 N–H and O–H groups in total. The Hall–Kier alpha value is -3.13. The highest BCUT2D eigenvalue weighted by molar-refractivity contribution is 7.92. The van der Waals surface area contributed by atoms with Gasteiger partial charge in [0, 0.05) is 6.07 Å². The standard InChI is InChI=1S/C15H7F4N3O3S.C2H6/c16-9-3-8(6-20)4-10(5-9)25-12-1-2-13(14-11(12)7-21-22-14)26(23,24)15(17,18)19;1-2/h1-5,7H,(H,21,22);1-2H3. The lowest BCUT2D eigenvalue weighted by molar-refractivity contribution is -0.0435. The molecule has 1 aromatic heterocycles. The number of aromatic nitrogens is 2. The Labute approximate surface area is 157 Å². The minimum Gasteiger partial charge on any atom is -0.456 e. The van der Waals surface area contributed by atoms with Crippen LogP contribution in [0.1, 0.15) is 19.4 Å². The first kappa shape index (κ1) is 21.2. The second-order valence-corrected chi connectivity index (χ2v) is 6.97. The van der Waals surface area contributed by atoms with Crippen LogP contribution in [0, 0.1) is 17.1 Å². The van der Waals surface area contributed by atoms with E-state index in [-0.39, 0.29) is 22.4 Å². The lowest BCUT2D eigenvalue weighted by atomic mass is 10.2. The van der Waals surface area contributed by atoms with E-state index in [1.807, 2.05) is 13.8 Å². The summed E-state index contributed by atoms with van der Waals surface area (Å²) in [5.41, 5.74) is -5.92. The minimum atomic E-state index is -5.61. The van der Waals surface area contributed by atoms with Gasteiger partial charge in [-0.25, -0.2) is 12.8 Å². The van der Waals surface area contributed by atoms with Gasteiger partial charge in [0.2, 0.25) is 0 Å². The Bertz CT molecular complexity index is 1150. The summed E-state index contributed by atoms with van der Waals surface area (Å²) >= 11 is 0. The zero-order valence-electron chi connectivity index (χ0n) is 14.5. The number of H-pyrrole nitrogens is 1. The third kappa shape index (κ3) is 3.91. The molecule has 0 unspecified atom stereocenters. The van der Waals surface area contributed by atoms with Crippen molar-refractivity contribution in [3.05, 3.63) is 47.9 Å². The van der Waals surface area contributed by atoms with Crippen molar-refractivity contribution in [1.82, 2.24) is 10.2 Å². The molecular formula is C17H13F4N3O3S. The summed E-state index contributed by atoms with van der Waals surface area (Å²) in [5.74, 6) is -0.904. The van der Waals surface area contributed by atoms with E-state index in [0.717, 1.165) is 24.4 Å². The fraction of sp³-hybridized carbons (Fsp3) is 0.176. The van der Waals surface area contributed by atoms with Crippen LogP contribution in [0.25, 0.3) is 10.9 Å². The molecule has 0 aliphatic heterocycles. The number of ether oxygens (including phenoxy) is 1. The van der Waals surface area contributed by atoms with E-state index in [4.69, 9.17) is 10.00 Å². The first-order chi connectivity index (χ1) is 13.1. The Morgan fingerprint density at radius 3 is 2.46 bits per heavy atom. The third-order valence-electron chi connectivity index (χ3n) is 3.36. The second-order valence-electron chi connectivity index (χ2n) is 5.06. The number of nitrogens with one attached hydrogen (secondary N) is 1. The number of nitriles is 1.